The van der Waals surface area contributed by atoms with Crippen molar-refractivity contribution in [3.05, 3.63) is 23.8 Å². The first-order valence-electron chi connectivity index (χ1n) is 6.14. The average Bonchev–Trinajstić information content (AvgIpc) is 2.75. The van der Waals surface area contributed by atoms with Gasteiger partial charge in [0.05, 0.1) is 18.9 Å². The summed E-state index contributed by atoms with van der Waals surface area (Å²) in [6.45, 7) is 4.65. The van der Waals surface area contributed by atoms with Gasteiger partial charge in [-0.15, -0.1) is 0 Å². The molecule has 3 rings (SSSR count). The molecule has 0 aliphatic carbocycles. The van der Waals surface area contributed by atoms with Crippen molar-refractivity contribution in [1.29, 1.82) is 0 Å². The summed E-state index contributed by atoms with van der Waals surface area (Å²) in [4.78, 5) is 22.4. The van der Waals surface area contributed by atoms with E-state index in [4.69, 9.17) is 10.5 Å². The molecule has 1 aliphatic rings. The number of hydrogen-bond donors (Lipinski definition) is 1. The van der Waals surface area contributed by atoms with E-state index >= 15 is 0 Å². The lowest BCUT2D eigenvalue weighted by molar-refractivity contribution is 0.0994. The Bertz CT molecular complexity index is 630. The Morgan fingerprint density at radius 3 is 2.84 bits per heavy atom. The van der Waals surface area contributed by atoms with Crippen LogP contribution in [0.4, 0.5) is 5.82 Å². The first-order chi connectivity index (χ1) is 9.18. The van der Waals surface area contributed by atoms with Crippen molar-refractivity contribution in [3.63, 3.8) is 0 Å². The largest absolute Gasteiger partial charge is 0.378 e. The van der Waals surface area contributed by atoms with E-state index in [1.165, 1.54) is 0 Å². The number of aryl methyl sites for hydroxylation is 1. The lowest BCUT2D eigenvalue weighted by atomic mass is 10.3. The second-order valence-corrected chi connectivity index (χ2v) is 4.45. The third-order valence-electron chi connectivity index (χ3n) is 3.24. The summed E-state index contributed by atoms with van der Waals surface area (Å²) >= 11 is 0. The zero-order valence-electron chi connectivity index (χ0n) is 10.7. The summed E-state index contributed by atoms with van der Waals surface area (Å²) in [7, 11) is 0. The van der Waals surface area contributed by atoms with Crippen LogP contribution in [-0.2, 0) is 4.74 Å². The van der Waals surface area contributed by atoms with E-state index in [1.54, 1.807) is 23.7 Å². The average molecular weight is 261 g/mol. The van der Waals surface area contributed by atoms with Gasteiger partial charge in [-0.1, -0.05) is 0 Å². The molecule has 0 saturated carbocycles. The Kier molecular flexibility index (Phi) is 2.83. The minimum absolute atomic E-state index is 0.409. The number of nitrogens with zero attached hydrogens (tertiary/aromatic N) is 4. The molecule has 1 fully saturated rings. The van der Waals surface area contributed by atoms with Gasteiger partial charge < -0.3 is 15.4 Å². The van der Waals surface area contributed by atoms with E-state index < -0.39 is 5.91 Å². The van der Waals surface area contributed by atoms with E-state index in [-0.39, 0.29) is 0 Å². The maximum absolute atomic E-state index is 11.5. The summed E-state index contributed by atoms with van der Waals surface area (Å²) in [6, 6.07) is 0. The van der Waals surface area contributed by atoms with Crippen LogP contribution in [0, 0.1) is 6.92 Å². The Balaban J connectivity index is 2.15. The zero-order valence-corrected chi connectivity index (χ0v) is 10.7. The highest BCUT2D eigenvalue weighted by molar-refractivity contribution is 5.93. The number of imidazole rings is 1. The van der Waals surface area contributed by atoms with Crippen LogP contribution in [0.15, 0.2) is 12.4 Å². The van der Waals surface area contributed by atoms with Gasteiger partial charge in [0.1, 0.15) is 5.69 Å². The molecule has 1 amide bonds. The van der Waals surface area contributed by atoms with E-state index in [2.05, 4.69) is 14.9 Å². The highest BCUT2D eigenvalue weighted by atomic mass is 16.5. The van der Waals surface area contributed by atoms with Crippen molar-refractivity contribution in [3.8, 4) is 0 Å². The lowest BCUT2D eigenvalue weighted by Crippen LogP contribution is -2.37. The molecule has 7 nitrogen and oxygen atoms in total. The molecule has 0 spiro atoms. The van der Waals surface area contributed by atoms with Crippen LogP contribution in [0.3, 0.4) is 0 Å². The summed E-state index contributed by atoms with van der Waals surface area (Å²) < 4.78 is 7.03. The van der Waals surface area contributed by atoms with E-state index in [0.717, 1.165) is 18.9 Å². The predicted molar refractivity (Wildman–Crippen MR) is 69.3 cm³/mol. The van der Waals surface area contributed by atoms with E-state index in [9.17, 15) is 4.79 Å². The molecule has 0 atom stereocenters. The number of fused-ring (bicyclic) bond motifs is 1. The number of carbonyl (C=O) groups excluding carboxylic acids is 1. The number of carbonyl (C=O) groups is 1. The second-order valence-electron chi connectivity index (χ2n) is 4.45. The summed E-state index contributed by atoms with van der Waals surface area (Å²) in [6.07, 6.45) is 3.37. The van der Waals surface area contributed by atoms with Gasteiger partial charge >= 0.3 is 0 Å². The van der Waals surface area contributed by atoms with Crippen molar-refractivity contribution in [2.45, 2.75) is 6.92 Å². The molecule has 0 unspecified atom stereocenters. The highest BCUT2D eigenvalue weighted by Gasteiger charge is 2.20. The Hall–Kier alpha value is -2.15. The molecule has 2 aromatic heterocycles. The normalized spacial score (nSPS) is 15.9. The number of ether oxygens (including phenoxy) is 1. The number of primary amides is 1. The molecule has 0 aromatic carbocycles. The Morgan fingerprint density at radius 1 is 1.42 bits per heavy atom. The molecule has 0 radical (unpaired) electrons. The van der Waals surface area contributed by atoms with Crippen molar-refractivity contribution >= 4 is 17.4 Å². The van der Waals surface area contributed by atoms with Crippen LogP contribution < -0.4 is 10.6 Å². The molecule has 1 saturated heterocycles. The minimum atomic E-state index is -0.482. The number of rotatable bonds is 2. The zero-order chi connectivity index (χ0) is 13.4. The van der Waals surface area contributed by atoms with Crippen LogP contribution in [0.25, 0.3) is 5.65 Å². The van der Waals surface area contributed by atoms with Crippen LogP contribution in [0.5, 0.6) is 0 Å². The third kappa shape index (κ3) is 1.91. The molecular weight excluding hydrogens is 246 g/mol. The molecule has 7 heteroatoms. The maximum Gasteiger partial charge on any atom is 0.267 e. The van der Waals surface area contributed by atoms with Crippen molar-refractivity contribution in [2.24, 2.45) is 5.73 Å². The lowest BCUT2D eigenvalue weighted by Gasteiger charge is -2.27. The fraction of sp³-hybridized carbons (Fsp3) is 0.417. The van der Waals surface area contributed by atoms with E-state index in [0.29, 0.717) is 30.2 Å². The quantitative estimate of drug-likeness (QED) is 0.820. The number of nitrogens with two attached hydrogens (primary N) is 1. The topological polar surface area (TPSA) is 85.8 Å². The van der Waals surface area contributed by atoms with E-state index in [1.807, 2.05) is 0 Å². The van der Waals surface area contributed by atoms with Gasteiger partial charge in [0.2, 0.25) is 0 Å². The first-order valence-corrected chi connectivity index (χ1v) is 6.14. The number of aromatic nitrogens is 3. The van der Waals surface area contributed by atoms with Crippen molar-refractivity contribution in [2.75, 3.05) is 31.2 Å². The predicted octanol–water partition coefficient (Wildman–Crippen LogP) is -0.0268. The van der Waals surface area contributed by atoms with Crippen molar-refractivity contribution < 1.29 is 9.53 Å². The molecule has 100 valence electrons. The van der Waals surface area contributed by atoms with Crippen LogP contribution in [-0.4, -0.2) is 46.6 Å². The Labute approximate surface area is 110 Å². The fourth-order valence-electron chi connectivity index (χ4n) is 2.37. The van der Waals surface area contributed by atoms with Gasteiger partial charge in [-0.2, -0.15) is 0 Å². The summed E-state index contributed by atoms with van der Waals surface area (Å²) in [5.41, 5.74) is 7.09. The molecule has 1 aliphatic heterocycles. The van der Waals surface area contributed by atoms with Crippen molar-refractivity contribution in [1.82, 2.24) is 14.4 Å². The molecule has 0 bridgehead atoms. The van der Waals surface area contributed by atoms with Crippen LogP contribution >= 0.6 is 0 Å². The molecule has 3 heterocycles. The number of anilines is 1. The standard InChI is InChI=1S/C12H15N5O2/c1-8-9(10(13)18)17-3-2-14-11(12(17)15-8)16-4-6-19-7-5-16/h2-3H,4-7H2,1H3,(H2,13,18). The van der Waals surface area contributed by atoms with Gasteiger partial charge in [0.15, 0.2) is 11.5 Å². The number of hydrogen-bond acceptors (Lipinski definition) is 5. The smallest absolute Gasteiger partial charge is 0.267 e. The van der Waals surface area contributed by atoms with Gasteiger partial charge in [0, 0.05) is 25.5 Å². The van der Waals surface area contributed by atoms with Crippen LogP contribution in [0.2, 0.25) is 0 Å². The molecule has 19 heavy (non-hydrogen) atoms. The fourth-order valence-corrected chi connectivity index (χ4v) is 2.37. The highest BCUT2D eigenvalue weighted by Crippen LogP contribution is 2.21. The number of amides is 1. The van der Waals surface area contributed by atoms with Gasteiger partial charge in [0.25, 0.3) is 5.91 Å². The summed E-state index contributed by atoms with van der Waals surface area (Å²) in [5.74, 6) is 0.283. The number of morpholine rings is 1. The molecule has 2 N–H and O–H groups in total. The van der Waals surface area contributed by atoms with Gasteiger partial charge in [-0.25, -0.2) is 9.97 Å². The second kappa shape index (κ2) is 4.51. The monoisotopic (exact) mass is 261 g/mol. The Morgan fingerprint density at radius 2 is 2.16 bits per heavy atom. The van der Waals surface area contributed by atoms with Gasteiger partial charge in [-0.3, -0.25) is 9.20 Å². The SMILES string of the molecule is Cc1nc2c(N3CCOCC3)nccn2c1C(N)=O. The molecular formula is C12H15N5O2. The molecule has 2 aromatic rings. The van der Waals surface area contributed by atoms with Crippen LogP contribution in [0.1, 0.15) is 16.2 Å². The minimum Gasteiger partial charge on any atom is -0.378 e. The maximum atomic E-state index is 11.5. The summed E-state index contributed by atoms with van der Waals surface area (Å²) in [5, 5.41) is 0. The third-order valence-corrected chi connectivity index (χ3v) is 3.24. The van der Waals surface area contributed by atoms with Gasteiger partial charge in [-0.05, 0) is 6.92 Å². The first kappa shape index (κ1) is 11.9.